The third-order valence-corrected chi connectivity index (χ3v) is 3.87. The number of hydrogen-bond acceptors (Lipinski definition) is 4. The van der Waals surface area contributed by atoms with Crippen LogP contribution in [0.4, 0.5) is 5.82 Å². The molecular formula is C14H21N3O. The highest BCUT2D eigenvalue weighted by molar-refractivity contribution is 6.00. The molecule has 18 heavy (non-hydrogen) atoms. The molecule has 0 saturated carbocycles. The molecule has 0 aliphatic carbocycles. The van der Waals surface area contributed by atoms with Crippen LogP contribution in [0.2, 0.25) is 0 Å². The highest BCUT2D eigenvalue weighted by atomic mass is 16.1. The Morgan fingerprint density at radius 2 is 2.28 bits per heavy atom. The minimum atomic E-state index is -0.221. The second kappa shape index (κ2) is 5.06. The molecule has 0 bridgehead atoms. The van der Waals surface area contributed by atoms with E-state index in [-0.39, 0.29) is 11.2 Å². The summed E-state index contributed by atoms with van der Waals surface area (Å²) in [5.41, 5.74) is 0.507. The van der Waals surface area contributed by atoms with Crippen molar-refractivity contribution in [1.82, 2.24) is 10.3 Å². The number of carbonyl (C=O) groups is 1. The quantitative estimate of drug-likeness (QED) is 0.823. The van der Waals surface area contributed by atoms with Gasteiger partial charge in [0.05, 0.1) is 0 Å². The zero-order valence-corrected chi connectivity index (χ0v) is 11.4. The zero-order valence-electron chi connectivity index (χ0n) is 11.4. The van der Waals surface area contributed by atoms with Gasteiger partial charge in [-0.2, -0.15) is 0 Å². The van der Waals surface area contributed by atoms with E-state index in [0.29, 0.717) is 0 Å². The van der Waals surface area contributed by atoms with Gasteiger partial charge >= 0.3 is 0 Å². The lowest BCUT2D eigenvalue weighted by Crippen LogP contribution is -2.33. The largest absolute Gasteiger partial charge is 0.363 e. The van der Waals surface area contributed by atoms with Crippen molar-refractivity contribution in [2.75, 3.05) is 32.1 Å². The summed E-state index contributed by atoms with van der Waals surface area (Å²) in [6.45, 7) is 3.81. The maximum atomic E-state index is 12.6. The first-order valence-corrected chi connectivity index (χ1v) is 6.48. The van der Waals surface area contributed by atoms with Crippen LogP contribution in [-0.2, 0) is 0 Å². The molecule has 1 aromatic rings. The molecule has 2 heterocycles. The third-order valence-electron chi connectivity index (χ3n) is 3.87. The summed E-state index contributed by atoms with van der Waals surface area (Å²) in [4.78, 5) is 18.8. The number of nitrogens with zero attached hydrogens (tertiary/aromatic N) is 2. The Hall–Kier alpha value is -1.42. The van der Waals surface area contributed by atoms with E-state index in [1.807, 2.05) is 31.1 Å². The summed E-state index contributed by atoms with van der Waals surface area (Å²) in [6, 6.07) is 3.79. The van der Waals surface area contributed by atoms with Gasteiger partial charge in [-0.15, -0.1) is 0 Å². The molecule has 0 spiro atoms. The Morgan fingerprint density at radius 3 is 2.72 bits per heavy atom. The minimum Gasteiger partial charge on any atom is -0.363 e. The second-order valence-electron chi connectivity index (χ2n) is 5.19. The van der Waals surface area contributed by atoms with Gasteiger partial charge < -0.3 is 10.2 Å². The van der Waals surface area contributed by atoms with E-state index >= 15 is 0 Å². The van der Waals surface area contributed by atoms with Crippen molar-refractivity contribution in [3.63, 3.8) is 0 Å². The van der Waals surface area contributed by atoms with Crippen LogP contribution in [0.5, 0.6) is 0 Å². The normalized spacial score (nSPS) is 23.1. The number of aromatic nitrogens is 1. The van der Waals surface area contributed by atoms with Crippen molar-refractivity contribution < 1.29 is 4.79 Å². The van der Waals surface area contributed by atoms with E-state index in [1.54, 1.807) is 6.20 Å². The first-order chi connectivity index (χ1) is 8.59. The molecule has 1 saturated heterocycles. The molecule has 1 aliphatic heterocycles. The number of anilines is 1. The number of carbonyl (C=O) groups excluding carboxylic acids is 1. The zero-order chi connectivity index (χ0) is 13.2. The van der Waals surface area contributed by atoms with Crippen molar-refractivity contribution >= 4 is 11.6 Å². The van der Waals surface area contributed by atoms with E-state index in [2.05, 4.69) is 17.2 Å². The first-order valence-electron chi connectivity index (χ1n) is 6.48. The predicted molar refractivity (Wildman–Crippen MR) is 73.1 cm³/mol. The van der Waals surface area contributed by atoms with Gasteiger partial charge in [0.2, 0.25) is 0 Å². The highest BCUT2D eigenvalue weighted by Gasteiger charge is 2.39. The Balaban J connectivity index is 2.23. The number of hydrogen-bond donors (Lipinski definition) is 1. The Labute approximate surface area is 108 Å². The van der Waals surface area contributed by atoms with Gasteiger partial charge in [-0.3, -0.25) is 4.79 Å². The van der Waals surface area contributed by atoms with E-state index in [1.165, 1.54) is 0 Å². The molecule has 1 fully saturated rings. The van der Waals surface area contributed by atoms with Crippen LogP contribution >= 0.6 is 0 Å². The fourth-order valence-electron chi connectivity index (χ4n) is 2.49. The molecule has 0 aromatic carbocycles. The van der Waals surface area contributed by atoms with Crippen LogP contribution in [0, 0.1) is 5.41 Å². The molecule has 1 unspecified atom stereocenters. The number of ketones is 1. The van der Waals surface area contributed by atoms with Gasteiger partial charge in [-0.1, -0.05) is 6.92 Å². The predicted octanol–water partition coefficient (Wildman–Crippen LogP) is 1.72. The van der Waals surface area contributed by atoms with Crippen molar-refractivity contribution in [3.8, 4) is 0 Å². The topological polar surface area (TPSA) is 45.2 Å². The smallest absolute Gasteiger partial charge is 0.171 e. The summed E-state index contributed by atoms with van der Waals surface area (Å²) < 4.78 is 0. The molecule has 0 radical (unpaired) electrons. The third kappa shape index (κ3) is 2.25. The van der Waals surface area contributed by atoms with Crippen LogP contribution in [0.25, 0.3) is 0 Å². The Bertz CT molecular complexity index is 419. The molecule has 4 nitrogen and oxygen atoms in total. The molecule has 1 aliphatic rings. The van der Waals surface area contributed by atoms with Crippen molar-refractivity contribution in [3.05, 3.63) is 23.9 Å². The molecule has 1 N–H and O–H groups in total. The Morgan fingerprint density at radius 1 is 1.50 bits per heavy atom. The summed E-state index contributed by atoms with van der Waals surface area (Å²) in [5, 5.41) is 3.29. The van der Waals surface area contributed by atoms with Crippen molar-refractivity contribution in [1.29, 1.82) is 0 Å². The molecule has 2 rings (SSSR count). The van der Waals surface area contributed by atoms with E-state index in [0.717, 1.165) is 37.3 Å². The number of rotatable bonds is 4. The van der Waals surface area contributed by atoms with Gasteiger partial charge in [-0.05, 0) is 31.5 Å². The van der Waals surface area contributed by atoms with Gasteiger partial charge in [-0.25, -0.2) is 4.98 Å². The Kier molecular flexibility index (Phi) is 3.66. The van der Waals surface area contributed by atoms with E-state index in [9.17, 15) is 4.79 Å². The minimum absolute atomic E-state index is 0.221. The number of pyridine rings is 1. The van der Waals surface area contributed by atoms with Gasteiger partial charge in [0.15, 0.2) is 5.78 Å². The molecule has 1 atom stereocenters. The van der Waals surface area contributed by atoms with Crippen LogP contribution < -0.4 is 10.2 Å². The fourth-order valence-corrected chi connectivity index (χ4v) is 2.49. The molecule has 4 heteroatoms. The average Bonchev–Trinajstić information content (AvgIpc) is 2.88. The maximum absolute atomic E-state index is 12.6. The first kappa shape index (κ1) is 13.0. The van der Waals surface area contributed by atoms with Crippen LogP contribution in [-0.4, -0.2) is 38.0 Å². The summed E-state index contributed by atoms with van der Waals surface area (Å²) in [7, 11) is 3.89. The maximum Gasteiger partial charge on any atom is 0.171 e. The van der Waals surface area contributed by atoms with Gasteiger partial charge in [0, 0.05) is 37.8 Å². The summed E-state index contributed by atoms with van der Waals surface area (Å²) >= 11 is 0. The lowest BCUT2D eigenvalue weighted by atomic mass is 9.77. The van der Waals surface area contributed by atoms with E-state index in [4.69, 9.17) is 0 Å². The van der Waals surface area contributed by atoms with Gasteiger partial charge in [0.25, 0.3) is 0 Å². The van der Waals surface area contributed by atoms with Crippen LogP contribution in [0.3, 0.4) is 0 Å². The summed E-state index contributed by atoms with van der Waals surface area (Å²) in [6.07, 6.45) is 3.51. The van der Waals surface area contributed by atoms with E-state index < -0.39 is 0 Å². The molecule has 1 aromatic heterocycles. The standard InChI is InChI=1S/C14H21N3O/c1-4-14(7-8-15-10-14)13(18)11-5-6-12(16-9-11)17(2)3/h5-6,9,15H,4,7-8,10H2,1-3H3. The average molecular weight is 247 g/mol. The highest BCUT2D eigenvalue weighted by Crippen LogP contribution is 2.33. The second-order valence-corrected chi connectivity index (χ2v) is 5.19. The number of Topliss-reactive ketones (excluding diaryl/α,β-unsaturated/α-hetero) is 1. The lowest BCUT2D eigenvalue weighted by molar-refractivity contribution is 0.0810. The lowest BCUT2D eigenvalue weighted by Gasteiger charge is -2.24. The summed E-state index contributed by atoms with van der Waals surface area (Å²) in [5.74, 6) is 1.11. The fraction of sp³-hybridized carbons (Fsp3) is 0.571. The van der Waals surface area contributed by atoms with Gasteiger partial charge in [0.1, 0.15) is 5.82 Å². The SMILES string of the molecule is CCC1(C(=O)c2ccc(N(C)C)nc2)CCNC1. The van der Waals surface area contributed by atoms with Crippen LogP contribution in [0.1, 0.15) is 30.1 Å². The monoisotopic (exact) mass is 247 g/mol. The van der Waals surface area contributed by atoms with Crippen molar-refractivity contribution in [2.45, 2.75) is 19.8 Å². The molecule has 0 amide bonds. The number of nitrogens with one attached hydrogen (secondary N) is 1. The van der Waals surface area contributed by atoms with Crippen molar-refractivity contribution in [2.24, 2.45) is 5.41 Å². The van der Waals surface area contributed by atoms with Crippen LogP contribution in [0.15, 0.2) is 18.3 Å². The molecule has 98 valence electrons. The molecular weight excluding hydrogens is 226 g/mol.